The molecule has 2 heterocycles. The van der Waals surface area contributed by atoms with Crippen molar-refractivity contribution in [3.8, 4) is 6.07 Å². The minimum Gasteiger partial charge on any atom is -0.399 e. The maximum absolute atomic E-state index is 13.4. The molecule has 2 aliphatic rings. The van der Waals surface area contributed by atoms with Crippen LogP contribution in [-0.2, 0) is 9.31 Å². The lowest BCUT2D eigenvalue weighted by Gasteiger charge is -2.32. The fraction of sp³-hybridized carbons (Fsp3) is 0.588. The minimum atomic E-state index is -0.815. The van der Waals surface area contributed by atoms with Gasteiger partial charge in [0.1, 0.15) is 12.2 Å². The molecule has 1 aromatic carbocycles. The third-order valence-corrected chi connectivity index (χ3v) is 5.14. The van der Waals surface area contributed by atoms with Gasteiger partial charge in [-0.25, -0.2) is 4.39 Å². The Morgan fingerprint density at radius 3 is 2.43 bits per heavy atom. The quantitative estimate of drug-likeness (QED) is 0.786. The van der Waals surface area contributed by atoms with Crippen LogP contribution in [-0.4, -0.2) is 37.6 Å². The van der Waals surface area contributed by atoms with E-state index in [2.05, 4.69) is 6.07 Å². The number of nitriles is 1. The van der Waals surface area contributed by atoms with Crippen LogP contribution in [0.4, 0.5) is 10.1 Å². The van der Waals surface area contributed by atoms with Crippen molar-refractivity contribution < 1.29 is 13.7 Å². The van der Waals surface area contributed by atoms with Gasteiger partial charge in [-0.15, -0.1) is 0 Å². The number of alkyl halides is 1. The summed E-state index contributed by atoms with van der Waals surface area (Å²) in [6.07, 6.45) is -0.298. The van der Waals surface area contributed by atoms with E-state index in [0.29, 0.717) is 25.1 Å². The first-order valence-corrected chi connectivity index (χ1v) is 8.02. The Kier molecular flexibility index (Phi) is 3.90. The van der Waals surface area contributed by atoms with Crippen LogP contribution >= 0.6 is 0 Å². The molecule has 2 fully saturated rings. The molecular formula is C17H22BFN2O2. The second kappa shape index (κ2) is 5.50. The summed E-state index contributed by atoms with van der Waals surface area (Å²) in [7, 11) is -0.492. The van der Waals surface area contributed by atoms with Gasteiger partial charge in [-0.1, -0.05) is 6.07 Å². The molecule has 122 valence electrons. The highest BCUT2D eigenvalue weighted by molar-refractivity contribution is 6.62. The van der Waals surface area contributed by atoms with Crippen molar-refractivity contribution >= 4 is 18.3 Å². The normalized spacial score (nSPS) is 25.7. The first-order valence-electron chi connectivity index (χ1n) is 8.02. The summed E-state index contributed by atoms with van der Waals surface area (Å²) in [6, 6.07) is 7.79. The number of rotatable bonds is 2. The average Bonchev–Trinajstić information content (AvgIpc) is 2.99. The largest absolute Gasteiger partial charge is 0.494 e. The van der Waals surface area contributed by atoms with E-state index in [1.54, 1.807) is 6.07 Å². The van der Waals surface area contributed by atoms with Gasteiger partial charge in [-0.05, 0) is 51.7 Å². The topological polar surface area (TPSA) is 45.5 Å². The van der Waals surface area contributed by atoms with Crippen LogP contribution in [0.5, 0.6) is 0 Å². The molecule has 0 aromatic heterocycles. The molecular weight excluding hydrogens is 294 g/mol. The summed E-state index contributed by atoms with van der Waals surface area (Å²) in [5.41, 5.74) is 1.30. The van der Waals surface area contributed by atoms with Gasteiger partial charge < -0.3 is 14.2 Å². The first kappa shape index (κ1) is 16.3. The molecule has 4 nitrogen and oxygen atoms in total. The van der Waals surface area contributed by atoms with E-state index in [4.69, 9.17) is 9.31 Å². The van der Waals surface area contributed by atoms with Crippen LogP contribution in [0, 0.1) is 11.3 Å². The van der Waals surface area contributed by atoms with Crippen molar-refractivity contribution in [2.75, 3.05) is 18.0 Å². The molecule has 23 heavy (non-hydrogen) atoms. The molecule has 2 aliphatic heterocycles. The summed E-state index contributed by atoms with van der Waals surface area (Å²) in [5, 5.41) is 9.47. The Morgan fingerprint density at radius 1 is 1.26 bits per heavy atom. The van der Waals surface area contributed by atoms with Gasteiger partial charge in [-0.2, -0.15) is 5.26 Å². The molecule has 0 spiro atoms. The zero-order valence-corrected chi connectivity index (χ0v) is 14.1. The van der Waals surface area contributed by atoms with Crippen LogP contribution in [0.2, 0.25) is 0 Å². The van der Waals surface area contributed by atoms with Gasteiger partial charge >= 0.3 is 7.12 Å². The van der Waals surface area contributed by atoms with Gasteiger partial charge in [0.25, 0.3) is 0 Å². The van der Waals surface area contributed by atoms with Crippen LogP contribution in [0.15, 0.2) is 18.2 Å². The molecule has 1 aromatic rings. The zero-order chi connectivity index (χ0) is 16.8. The van der Waals surface area contributed by atoms with Crippen LogP contribution in [0.25, 0.3) is 0 Å². The molecule has 1 unspecified atom stereocenters. The summed E-state index contributed by atoms with van der Waals surface area (Å²) in [4.78, 5) is 1.93. The first-order chi connectivity index (χ1) is 10.7. The molecule has 1 atom stereocenters. The number of hydrogen-bond donors (Lipinski definition) is 0. The molecule has 0 N–H and O–H groups in total. The second-order valence-electron chi connectivity index (χ2n) is 7.31. The molecule has 0 aliphatic carbocycles. The number of hydrogen-bond acceptors (Lipinski definition) is 4. The predicted molar refractivity (Wildman–Crippen MR) is 88.6 cm³/mol. The SMILES string of the molecule is CC1(C)OB(c2ccc(N3CCC(F)C3)c(C#N)c2)OC1(C)C. The van der Waals surface area contributed by atoms with E-state index in [1.807, 2.05) is 44.7 Å². The van der Waals surface area contributed by atoms with Gasteiger partial charge in [0.05, 0.1) is 22.5 Å². The van der Waals surface area contributed by atoms with Crippen molar-refractivity contribution in [1.82, 2.24) is 0 Å². The maximum atomic E-state index is 13.4. The Hall–Kier alpha value is -1.58. The smallest absolute Gasteiger partial charge is 0.399 e. The Balaban J connectivity index is 1.88. The minimum absolute atomic E-state index is 0.352. The molecule has 0 radical (unpaired) electrons. The van der Waals surface area contributed by atoms with E-state index in [0.717, 1.165) is 11.2 Å². The maximum Gasteiger partial charge on any atom is 0.494 e. The fourth-order valence-corrected chi connectivity index (χ4v) is 2.98. The molecule has 2 saturated heterocycles. The molecule has 6 heteroatoms. The van der Waals surface area contributed by atoms with Crippen LogP contribution < -0.4 is 10.4 Å². The number of halogens is 1. The molecule has 0 bridgehead atoms. The standard InChI is InChI=1S/C17H22BFN2O2/c1-16(2)17(3,4)23-18(22-16)13-5-6-15(12(9-13)10-20)21-8-7-14(19)11-21/h5-6,9,14H,7-8,11H2,1-4H3. The van der Waals surface area contributed by atoms with E-state index in [9.17, 15) is 9.65 Å². The number of nitrogens with zero attached hydrogens (tertiary/aromatic N) is 2. The van der Waals surface area contributed by atoms with Crippen LogP contribution in [0.1, 0.15) is 39.7 Å². The highest BCUT2D eigenvalue weighted by atomic mass is 19.1. The van der Waals surface area contributed by atoms with E-state index in [-0.39, 0.29) is 0 Å². The Morgan fingerprint density at radius 2 is 1.91 bits per heavy atom. The summed E-state index contributed by atoms with van der Waals surface area (Å²) >= 11 is 0. The number of anilines is 1. The third kappa shape index (κ3) is 2.84. The zero-order valence-electron chi connectivity index (χ0n) is 14.1. The molecule has 0 amide bonds. The highest BCUT2D eigenvalue weighted by Crippen LogP contribution is 2.36. The van der Waals surface area contributed by atoms with Crippen LogP contribution in [0.3, 0.4) is 0 Å². The summed E-state index contributed by atoms with van der Waals surface area (Å²) < 4.78 is 25.5. The molecule has 0 saturated carbocycles. The van der Waals surface area contributed by atoms with Crippen molar-refractivity contribution in [2.24, 2.45) is 0 Å². The van der Waals surface area contributed by atoms with E-state index >= 15 is 0 Å². The summed E-state index contributed by atoms with van der Waals surface area (Å²) in [6.45, 7) is 8.99. The lowest BCUT2D eigenvalue weighted by molar-refractivity contribution is 0.00578. The predicted octanol–water partition coefficient (Wildman–Crippen LogP) is 2.41. The lowest BCUT2D eigenvalue weighted by atomic mass is 9.78. The van der Waals surface area contributed by atoms with Crippen molar-refractivity contribution in [3.63, 3.8) is 0 Å². The fourth-order valence-electron chi connectivity index (χ4n) is 2.98. The number of benzene rings is 1. The van der Waals surface area contributed by atoms with Gasteiger partial charge in [0.15, 0.2) is 0 Å². The van der Waals surface area contributed by atoms with Gasteiger partial charge in [-0.3, -0.25) is 0 Å². The Bertz CT molecular complexity index is 640. The monoisotopic (exact) mass is 316 g/mol. The van der Waals surface area contributed by atoms with Gasteiger partial charge in [0, 0.05) is 13.1 Å². The van der Waals surface area contributed by atoms with Gasteiger partial charge in [0.2, 0.25) is 0 Å². The van der Waals surface area contributed by atoms with E-state index in [1.165, 1.54) is 0 Å². The van der Waals surface area contributed by atoms with Crippen molar-refractivity contribution in [3.05, 3.63) is 23.8 Å². The summed E-state index contributed by atoms with van der Waals surface area (Å²) in [5.74, 6) is 0. The third-order valence-electron chi connectivity index (χ3n) is 5.14. The average molecular weight is 316 g/mol. The Labute approximate surface area is 137 Å². The van der Waals surface area contributed by atoms with E-state index < -0.39 is 24.5 Å². The second-order valence-corrected chi connectivity index (χ2v) is 7.31. The van der Waals surface area contributed by atoms with Crippen molar-refractivity contribution in [1.29, 1.82) is 5.26 Å². The molecule has 3 rings (SSSR count). The lowest BCUT2D eigenvalue weighted by Crippen LogP contribution is -2.41. The van der Waals surface area contributed by atoms with Crippen molar-refractivity contribution in [2.45, 2.75) is 51.5 Å². The highest BCUT2D eigenvalue weighted by Gasteiger charge is 2.51.